The van der Waals surface area contributed by atoms with E-state index < -0.39 is 5.97 Å². The van der Waals surface area contributed by atoms with Crippen molar-refractivity contribution in [3.63, 3.8) is 0 Å². The Hall–Kier alpha value is -2.57. The van der Waals surface area contributed by atoms with E-state index in [0.29, 0.717) is 22.9 Å². The summed E-state index contributed by atoms with van der Waals surface area (Å²) in [4.78, 5) is 15.6. The third kappa shape index (κ3) is 3.38. The lowest BCUT2D eigenvalue weighted by Gasteiger charge is -2.07. The molecule has 0 fully saturated rings. The average molecular weight is 387 g/mol. The average Bonchev–Trinajstić information content (AvgIpc) is 3.25. The van der Waals surface area contributed by atoms with E-state index in [0.717, 1.165) is 26.4 Å². The van der Waals surface area contributed by atoms with Gasteiger partial charge in [0.2, 0.25) is 6.79 Å². The van der Waals surface area contributed by atoms with Crippen molar-refractivity contribution in [1.29, 1.82) is 0 Å². The second-order valence-electron chi connectivity index (χ2n) is 5.76. The maximum absolute atomic E-state index is 11.0. The first-order valence-corrected chi connectivity index (χ1v) is 9.15. The van der Waals surface area contributed by atoms with Crippen LogP contribution in [0.25, 0.3) is 21.9 Å². The van der Waals surface area contributed by atoms with Gasteiger partial charge >= 0.3 is 0 Å². The first kappa shape index (κ1) is 16.9. The predicted octanol–water partition coefficient (Wildman–Crippen LogP) is 3.75. The fourth-order valence-corrected chi connectivity index (χ4v) is 4.04. The van der Waals surface area contributed by atoms with Crippen molar-refractivity contribution >= 4 is 50.8 Å². The van der Waals surface area contributed by atoms with Crippen LogP contribution in [0.2, 0.25) is 5.02 Å². The van der Waals surface area contributed by atoms with Crippen LogP contribution in [0.5, 0.6) is 11.5 Å². The zero-order valence-corrected chi connectivity index (χ0v) is 15.1. The molecule has 132 valence electrons. The number of aliphatic carboxylic acids is 1. The summed E-state index contributed by atoms with van der Waals surface area (Å²) in [6.45, 7) is 0.137. The quantitative estimate of drug-likeness (QED) is 0.667. The molecule has 0 spiro atoms. The lowest BCUT2D eigenvalue weighted by Crippen LogP contribution is -2.21. The molecule has 7 heteroatoms. The molecule has 26 heavy (non-hydrogen) atoms. The molecule has 1 aliphatic heterocycles. The van der Waals surface area contributed by atoms with Crippen LogP contribution in [-0.2, 0) is 4.79 Å². The molecule has 2 heterocycles. The Morgan fingerprint density at radius 2 is 2.12 bits per heavy atom. The minimum atomic E-state index is -1.10. The van der Waals surface area contributed by atoms with E-state index in [4.69, 9.17) is 21.1 Å². The number of hydrogen-bond donors (Lipinski definition) is 0. The maximum atomic E-state index is 11.0. The van der Waals surface area contributed by atoms with Gasteiger partial charge in [-0.1, -0.05) is 23.7 Å². The molecule has 5 nitrogen and oxygen atoms in total. The summed E-state index contributed by atoms with van der Waals surface area (Å²) in [5.41, 5.74) is 2.49. The van der Waals surface area contributed by atoms with Crippen LogP contribution in [0, 0.1) is 0 Å². The van der Waals surface area contributed by atoms with Gasteiger partial charge in [0.25, 0.3) is 0 Å². The van der Waals surface area contributed by atoms with Gasteiger partial charge in [-0.15, -0.1) is 11.3 Å². The van der Waals surface area contributed by atoms with Gasteiger partial charge in [0.15, 0.2) is 11.5 Å². The highest BCUT2D eigenvalue weighted by Crippen LogP contribution is 2.41. The highest BCUT2D eigenvalue weighted by Gasteiger charge is 2.18. The van der Waals surface area contributed by atoms with E-state index in [1.54, 1.807) is 6.07 Å². The molecular formula is C19H13ClNO4S-. The molecule has 0 saturated carbocycles. The van der Waals surface area contributed by atoms with E-state index in [1.165, 1.54) is 11.3 Å². The molecule has 0 N–H and O–H groups in total. The number of thiazole rings is 1. The summed E-state index contributed by atoms with van der Waals surface area (Å²) in [5, 5.41) is 12.2. The van der Waals surface area contributed by atoms with Gasteiger partial charge in [0.05, 0.1) is 15.2 Å². The Morgan fingerprint density at radius 3 is 2.92 bits per heavy atom. The largest absolute Gasteiger partial charge is 0.550 e. The number of para-hydroxylation sites is 1. The summed E-state index contributed by atoms with van der Waals surface area (Å²) < 4.78 is 11.8. The number of carbonyl (C=O) groups excluding carboxylic acids is 1. The van der Waals surface area contributed by atoms with Gasteiger partial charge in [-0.25, -0.2) is 4.98 Å². The molecule has 0 aliphatic carbocycles. The van der Waals surface area contributed by atoms with E-state index in [-0.39, 0.29) is 13.2 Å². The lowest BCUT2D eigenvalue weighted by atomic mass is 10.1. The third-order valence-corrected chi connectivity index (χ3v) is 5.35. The number of ether oxygens (including phenoxy) is 2. The van der Waals surface area contributed by atoms with Gasteiger partial charge in [0, 0.05) is 5.97 Å². The zero-order chi connectivity index (χ0) is 18.1. The first-order valence-electron chi connectivity index (χ1n) is 7.95. The molecule has 0 bridgehead atoms. The summed E-state index contributed by atoms with van der Waals surface area (Å²) in [5.74, 6) is 0.00752. The molecular weight excluding hydrogens is 374 g/mol. The van der Waals surface area contributed by atoms with Crippen LogP contribution in [0.1, 0.15) is 23.4 Å². The van der Waals surface area contributed by atoms with Crippen molar-refractivity contribution in [2.45, 2.75) is 12.8 Å². The van der Waals surface area contributed by atoms with Crippen molar-refractivity contribution in [2.24, 2.45) is 0 Å². The Labute approximate surface area is 158 Å². The molecule has 1 aliphatic rings. The number of halogens is 1. The summed E-state index contributed by atoms with van der Waals surface area (Å²) in [7, 11) is 0. The number of rotatable bonds is 5. The molecule has 0 atom stereocenters. The molecule has 0 unspecified atom stereocenters. The van der Waals surface area contributed by atoms with E-state index in [9.17, 15) is 9.90 Å². The number of aromatic nitrogens is 1. The normalized spacial score (nSPS) is 13.3. The van der Waals surface area contributed by atoms with E-state index in [2.05, 4.69) is 4.98 Å². The topological polar surface area (TPSA) is 71.5 Å². The molecule has 1 aromatic heterocycles. The van der Waals surface area contributed by atoms with Crippen LogP contribution in [0.4, 0.5) is 0 Å². The van der Waals surface area contributed by atoms with Crippen molar-refractivity contribution in [3.05, 3.63) is 52.0 Å². The van der Waals surface area contributed by atoms with Crippen LogP contribution >= 0.6 is 22.9 Å². The number of benzene rings is 2. The number of carbonyl (C=O) groups is 1. The van der Waals surface area contributed by atoms with Crippen molar-refractivity contribution in [2.75, 3.05) is 6.79 Å². The molecule has 0 saturated heterocycles. The van der Waals surface area contributed by atoms with Crippen molar-refractivity contribution < 1.29 is 19.4 Å². The molecule has 0 amide bonds. The fourth-order valence-electron chi connectivity index (χ4n) is 2.76. The monoisotopic (exact) mass is 386 g/mol. The van der Waals surface area contributed by atoms with Crippen molar-refractivity contribution in [3.8, 4) is 11.5 Å². The van der Waals surface area contributed by atoms with Gasteiger partial charge < -0.3 is 19.4 Å². The van der Waals surface area contributed by atoms with E-state index in [1.807, 2.05) is 36.4 Å². The van der Waals surface area contributed by atoms with Crippen LogP contribution in [0.15, 0.2) is 36.4 Å². The Kier molecular flexibility index (Phi) is 4.53. The fraction of sp³-hybridized carbons (Fsp3) is 0.158. The Bertz CT molecular complexity index is 995. The predicted molar refractivity (Wildman–Crippen MR) is 99.3 cm³/mol. The molecule has 3 aromatic rings. The number of carboxylic acids is 1. The van der Waals surface area contributed by atoms with Gasteiger partial charge in [-0.05, 0) is 54.3 Å². The first-order chi connectivity index (χ1) is 12.6. The summed E-state index contributed by atoms with van der Waals surface area (Å²) in [6.07, 6.45) is 2.11. The smallest absolute Gasteiger partial charge is 0.231 e. The Balaban J connectivity index is 1.76. The number of carboxylic acid groups (broad SMARTS) is 1. The minimum absolute atomic E-state index is 0.0833. The number of nitrogens with zero attached hydrogens (tertiary/aromatic N) is 1. The third-order valence-electron chi connectivity index (χ3n) is 3.96. The van der Waals surface area contributed by atoms with Crippen molar-refractivity contribution in [1.82, 2.24) is 4.98 Å². The van der Waals surface area contributed by atoms with Crippen LogP contribution < -0.4 is 14.6 Å². The van der Waals surface area contributed by atoms with Gasteiger partial charge in [-0.2, -0.15) is 0 Å². The SMILES string of the molecule is O=C([O-])CC/C(=C\c1cc(Cl)c2c(c1)OCO2)c1nc2ccccc2s1. The summed E-state index contributed by atoms with van der Waals surface area (Å²) >= 11 is 7.77. The standard InChI is InChI=1S/C19H14ClNO4S/c20-13-8-11(9-15-18(13)25-10-24-15)7-12(5-6-17(22)23)19-21-14-3-1-2-4-16(14)26-19/h1-4,7-9H,5-6,10H2,(H,22,23)/p-1/b12-7+. The van der Waals surface area contributed by atoms with Crippen LogP contribution in [0.3, 0.4) is 0 Å². The number of fused-ring (bicyclic) bond motifs is 2. The van der Waals surface area contributed by atoms with Crippen LogP contribution in [-0.4, -0.2) is 17.7 Å². The second-order valence-corrected chi connectivity index (χ2v) is 7.20. The summed E-state index contributed by atoms with van der Waals surface area (Å²) in [6, 6.07) is 11.4. The Morgan fingerprint density at radius 1 is 1.27 bits per heavy atom. The molecule has 4 rings (SSSR count). The molecule has 0 radical (unpaired) electrons. The van der Waals surface area contributed by atoms with E-state index >= 15 is 0 Å². The second kappa shape index (κ2) is 6.97. The number of hydrogen-bond acceptors (Lipinski definition) is 6. The highest BCUT2D eigenvalue weighted by atomic mass is 35.5. The number of allylic oxidation sites excluding steroid dienone is 1. The molecule has 2 aromatic carbocycles. The van der Waals surface area contributed by atoms with Gasteiger partial charge in [-0.3, -0.25) is 0 Å². The zero-order valence-electron chi connectivity index (χ0n) is 13.5. The highest BCUT2D eigenvalue weighted by molar-refractivity contribution is 7.19. The van der Waals surface area contributed by atoms with Gasteiger partial charge in [0.1, 0.15) is 5.01 Å². The minimum Gasteiger partial charge on any atom is -0.550 e. The lowest BCUT2D eigenvalue weighted by molar-refractivity contribution is -0.305. The maximum Gasteiger partial charge on any atom is 0.231 e.